The van der Waals surface area contributed by atoms with Crippen LogP contribution in [0.15, 0.2) is 70.6 Å². The molecule has 2 aromatic carbocycles. The van der Waals surface area contributed by atoms with E-state index < -0.39 is 54.2 Å². The molecule has 50 heavy (non-hydrogen) atoms. The number of H-pyrrole nitrogens is 2. The van der Waals surface area contributed by atoms with Gasteiger partial charge in [0.1, 0.15) is 30.0 Å². The third kappa shape index (κ3) is 8.56. The number of aliphatic hydroxyl groups excluding tert-OH is 2. The van der Waals surface area contributed by atoms with Crippen LogP contribution < -0.4 is 10.6 Å². The van der Waals surface area contributed by atoms with Crippen molar-refractivity contribution in [3.63, 3.8) is 0 Å². The molecule has 5 aromatic rings. The lowest BCUT2D eigenvalue weighted by atomic mass is 9.83. The van der Waals surface area contributed by atoms with Crippen molar-refractivity contribution in [3.8, 4) is 0 Å². The Morgan fingerprint density at radius 3 is 2.10 bits per heavy atom. The molecule has 0 radical (unpaired) electrons. The number of nitrogens with zero attached hydrogens (tertiary/aromatic N) is 3. The largest absolute Gasteiger partial charge is 0.390 e. The lowest BCUT2D eigenvalue weighted by Gasteiger charge is -2.32. The number of aromatic amines is 2. The quantitative estimate of drug-likeness (QED) is 0.0702. The number of hydrogen-bond acceptors (Lipinski definition) is 10. The van der Waals surface area contributed by atoms with Gasteiger partial charge in [-0.15, -0.1) is 0 Å². The second kappa shape index (κ2) is 15.7. The van der Waals surface area contributed by atoms with Crippen LogP contribution in [-0.2, 0) is 32.0 Å². The van der Waals surface area contributed by atoms with Gasteiger partial charge in [0.15, 0.2) is 12.4 Å². The van der Waals surface area contributed by atoms with Gasteiger partial charge < -0.3 is 44.9 Å². The SMILES string of the molecule is CO[C@H](/C(=N/OCC(=O)N[C@@H](Cc1c[nH]c2ccccc12)C(=O)N[C@@H](Cc1c[nH]c2ccccc12)c1nc(C)no1)[C@@H](O)[C@@H](C)O)C(C)(C)C. The van der Waals surface area contributed by atoms with Crippen LogP contribution in [0.1, 0.15) is 56.6 Å². The fraction of sp³-hybridized carbons (Fsp3) is 0.417. The van der Waals surface area contributed by atoms with E-state index in [4.69, 9.17) is 14.1 Å². The number of nitrogens with one attached hydrogen (secondary N) is 4. The molecule has 14 nitrogen and oxygen atoms in total. The molecule has 0 aliphatic rings. The molecule has 0 fully saturated rings. The molecular weight excluding hydrogens is 642 g/mol. The number of para-hydroxylation sites is 2. The molecule has 0 saturated carbocycles. The number of hydrogen-bond donors (Lipinski definition) is 6. The average molecular weight is 688 g/mol. The summed E-state index contributed by atoms with van der Waals surface area (Å²) in [6.07, 6.45) is 0.885. The molecule has 0 aliphatic heterocycles. The van der Waals surface area contributed by atoms with E-state index in [0.29, 0.717) is 12.2 Å². The Morgan fingerprint density at radius 2 is 1.56 bits per heavy atom. The van der Waals surface area contributed by atoms with Gasteiger partial charge in [-0.3, -0.25) is 9.59 Å². The number of benzene rings is 2. The average Bonchev–Trinajstić information content (AvgIpc) is 3.81. The number of carbonyl (C=O) groups excluding carboxylic acids is 2. The van der Waals surface area contributed by atoms with Gasteiger partial charge in [0, 0.05) is 54.2 Å². The van der Waals surface area contributed by atoms with Crippen molar-refractivity contribution in [1.29, 1.82) is 0 Å². The van der Waals surface area contributed by atoms with Crippen molar-refractivity contribution in [1.82, 2.24) is 30.7 Å². The fourth-order valence-electron chi connectivity index (χ4n) is 6.00. The van der Waals surface area contributed by atoms with Gasteiger partial charge in [-0.05, 0) is 42.5 Å². The molecule has 0 saturated heterocycles. The first kappa shape index (κ1) is 36.2. The summed E-state index contributed by atoms with van der Waals surface area (Å²) in [7, 11) is 1.46. The van der Waals surface area contributed by atoms with Gasteiger partial charge in [0.25, 0.3) is 5.91 Å². The van der Waals surface area contributed by atoms with Gasteiger partial charge in [-0.25, -0.2) is 0 Å². The number of rotatable bonds is 15. The van der Waals surface area contributed by atoms with Crippen LogP contribution in [0.5, 0.6) is 0 Å². The zero-order valence-electron chi connectivity index (χ0n) is 29.1. The number of aryl methyl sites for hydroxylation is 1. The van der Waals surface area contributed by atoms with Gasteiger partial charge in [0.05, 0.1) is 6.10 Å². The van der Waals surface area contributed by atoms with Crippen LogP contribution >= 0.6 is 0 Å². The summed E-state index contributed by atoms with van der Waals surface area (Å²) in [5, 5.41) is 36.5. The predicted molar refractivity (Wildman–Crippen MR) is 187 cm³/mol. The monoisotopic (exact) mass is 687 g/mol. The second-order valence-electron chi connectivity index (χ2n) is 13.4. The molecule has 0 unspecified atom stereocenters. The predicted octanol–water partition coefficient (Wildman–Crippen LogP) is 3.64. The van der Waals surface area contributed by atoms with Gasteiger partial charge in [-0.2, -0.15) is 4.98 Å². The van der Waals surface area contributed by atoms with E-state index in [1.807, 2.05) is 81.7 Å². The third-order valence-electron chi connectivity index (χ3n) is 8.42. The normalized spacial score (nSPS) is 15.4. The maximum absolute atomic E-state index is 14.1. The lowest BCUT2D eigenvalue weighted by molar-refractivity contribution is -0.132. The number of aliphatic hydroxyl groups is 2. The van der Waals surface area contributed by atoms with Crippen molar-refractivity contribution >= 4 is 39.3 Å². The van der Waals surface area contributed by atoms with Crippen LogP contribution in [0, 0.1) is 12.3 Å². The highest BCUT2D eigenvalue weighted by molar-refractivity contribution is 5.94. The molecule has 3 heterocycles. The molecule has 266 valence electrons. The molecule has 0 bridgehead atoms. The Balaban J connectivity index is 1.39. The van der Waals surface area contributed by atoms with Crippen molar-refractivity contribution in [2.75, 3.05) is 13.7 Å². The van der Waals surface area contributed by atoms with Gasteiger partial charge in [-0.1, -0.05) is 67.5 Å². The minimum Gasteiger partial charge on any atom is -0.390 e. The summed E-state index contributed by atoms with van der Waals surface area (Å²) in [5.74, 6) is -0.468. The smallest absolute Gasteiger partial charge is 0.261 e. The topological polar surface area (TPSA) is 200 Å². The summed E-state index contributed by atoms with van der Waals surface area (Å²) < 4.78 is 11.1. The maximum atomic E-state index is 14.1. The molecule has 0 aliphatic carbocycles. The number of ether oxygens (including phenoxy) is 1. The molecule has 6 N–H and O–H groups in total. The summed E-state index contributed by atoms with van der Waals surface area (Å²) in [6.45, 7) is 8.18. The minimum absolute atomic E-state index is 0.0332. The van der Waals surface area contributed by atoms with Gasteiger partial charge >= 0.3 is 0 Å². The summed E-state index contributed by atoms with van der Waals surface area (Å²) in [5.41, 5.74) is 3.11. The van der Waals surface area contributed by atoms with Gasteiger partial charge in [0.2, 0.25) is 11.8 Å². The van der Waals surface area contributed by atoms with E-state index in [-0.39, 0.29) is 18.0 Å². The van der Waals surface area contributed by atoms with Crippen molar-refractivity contribution in [2.24, 2.45) is 10.6 Å². The second-order valence-corrected chi connectivity index (χ2v) is 13.4. The number of aromatic nitrogens is 4. The van der Waals surface area contributed by atoms with E-state index in [9.17, 15) is 19.8 Å². The molecule has 2 amide bonds. The lowest BCUT2D eigenvalue weighted by Crippen LogP contribution is -2.50. The van der Waals surface area contributed by atoms with E-state index in [1.165, 1.54) is 14.0 Å². The fourth-order valence-corrected chi connectivity index (χ4v) is 6.00. The zero-order valence-corrected chi connectivity index (χ0v) is 29.1. The van der Waals surface area contributed by atoms with Crippen LogP contribution in [0.3, 0.4) is 0 Å². The molecule has 14 heteroatoms. The van der Waals surface area contributed by atoms with Crippen LogP contribution in [0.4, 0.5) is 0 Å². The number of amides is 2. The Labute approximate surface area is 289 Å². The Kier molecular flexibility index (Phi) is 11.3. The molecule has 0 spiro atoms. The first-order valence-corrected chi connectivity index (χ1v) is 16.4. The van der Waals surface area contributed by atoms with Crippen LogP contribution in [0.25, 0.3) is 21.8 Å². The number of oxime groups is 1. The first-order chi connectivity index (χ1) is 23.8. The Morgan fingerprint density at radius 1 is 0.960 bits per heavy atom. The number of methoxy groups -OCH3 is 1. The number of fused-ring (bicyclic) bond motifs is 2. The molecule has 3 aromatic heterocycles. The highest BCUT2D eigenvalue weighted by atomic mass is 16.6. The van der Waals surface area contributed by atoms with E-state index in [2.05, 4.69) is 35.9 Å². The Bertz CT molecular complexity index is 1940. The zero-order chi connectivity index (χ0) is 36.0. The third-order valence-corrected chi connectivity index (χ3v) is 8.42. The standard InChI is InChI=1S/C36H45N7O7/c1-20(44)32(46)31(33(48-6)36(3,4)5)43-49-19-30(45)40-28(15-22-17-37-26-13-9-7-11-24(22)26)34(47)41-29(35-39-21(2)42-50-35)16-23-18-38-27-14-10-8-12-25(23)27/h7-14,17-18,20,28-29,32-33,37-38,44,46H,15-16,19H2,1-6H3,(H,40,45)(H,41,47)/b43-31+/t20-,28+,29+,32+,33-/m1/s1. The molecule has 5 rings (SSSR count). The highest BCUT2D eigenvalue weighted by Gasteiger charge is 2.36. The van der Waals surface area contributed by atoms with Crippen molar-refractivity contribution in [3.05, 3.63) is 83.8 Å². The summed E-state index contributed by atoms with van der Waals surface area (Å²) in [6, 6.07) is 13.8. The van der Waals surface area contributed by atoms with Crippen molar-refractivity contribution in [2.45, 2.75) is 77.9 Å². The highest BCUT2D eigenvalue weighted by Crippen LogP contribution is 2.26. The number of carbonyl (C=O) groups is 2. The maximum Gasteiger partial charge on any atom is 0.261 e. The van der Waals surface area contributed by atoms with E-state index in [0.717, 1.165) is 32.9 Å². The molecular formula is C36H45N7O7. The Hall–Kier alpha value is -5.05. The molecule has 5 atom stereocenters. The van der Waals surface area contributed by atoms with Crippen molar-refractivity contribution < 1.29 is 33.9 Å². The minimum atomic E-state index is -1.40. The van der Waals surface area contributed by atoms with E-state index in [1.54, 1.807) is 6.92 Å². The van der Waals surface area contributed by atoms with Crippen LogP contribution in [-0.4, -0.2) is 85.9 Å². The summed E-state index contributed by atoms with van der Waals surface area (Å²) >= 11 is 0. The summed E-state index contributed by atoms with van der Waals surface area (Å²) in [4.78, 5) is 43.8. The first-order valence-electron chi connectivity index (χ1n) is 16.4. The van der Waals surface area contributed by atoms with Crippen LogP contribution in [0.2, 0.25) is 0 Å². The van der Waals surface area contributed by atoms with E-state index >= 15 is 0 Å².